The van der Waals surface area contributed by atoms with Crippen molar-refractivity contribution in [1.82, 2.24) is 4.90 Å². The quantitative estimate of drug-likeness (QED) is 0.904. The molecule has 0 bridgehead atoms. The van der Waals surface area contributed by atoms with Crippen LogP contribution in [0.15, 0.2) is 29.2 Å². The molecule has 98 valence electrons. The lowest BCUT2D eigenvalue weighted by Gasteiger charge is -2.38. The van der Waals surface area contributed by atoms with E-state index in [9.17, 15) is 0 Å². The Labute approximate surface area is 114 Å². The maximum atomic E-state index is 5.99. The molecule has 2 aliphatic rings. The van der Waals surface area contributed by atoms with Crippen LogP contribution in [0.5, 0.6) is 0 Å². The van der Waals surface area contributed by atoms with Gasteiger partial charge in [-0.1, -0.05) is 18.2 Å². The zero-order chi connectivity index (χ0) is 12.5. The van der Waals surface area contributed by atoms with Crippen LogP contribution >= 0.6 is 11.8 Å². The number of likely N-dealkylation sites (N-methyl/N-ethyl adjacent to an activating group) is 1. The van der Waals surface area contributed by atoms with E-state index in [4.69, 9.17) is 5.73 Å². The van der Waals surface area contributed by atoms with Crippen molar-refractivity contribution in [3.05, 3.63) is 29.8 Å². The van der Waals surface area contributed by atoms with E-state index in [1.54, 1.807) is 0 Å². The Morgan fingerprint density at radius 1 is 1.33 bits per heavy atom. The summed E-state index contributed by atoms with van der Waals surface area (Å²) in [5.41, 5.74) is 7.50. The number of benzene rings is 1. The van der Waals surface area contributed by atoms with Gasteiger partial charge in [-0.2, -0.15) is 0 Å². The molecule has 1 aliphatic carbocycles. The van der Waals surface area contributed by atoms with Gasteiger partial charge in [0.05, 0.1) is 0 Å². The lowest BCUT2D eigenvalue weighted by molar-refractivity contribution is 0.153. The van der Waals surface area contributed by atoms with Crippen LogP contribution in [-0.4, -0.2) is 30.3 Å². The third-order valence-corrected chi connectivity index (χ3v) is 5.47. The predicted octanol–water partition coefficient (Wildman–Crippen LogP) is 2.89. The monoisotopic (exact) mass is 262 g/mol. The van der Waals surface area contributed by atoms with Crippen LogP contribution < -0.4 is 5.73 Å². The number of nitrogens with zero attached hydrogens (tertiary/aromatic N) is 1. The summed E-state index contributed by atoms with van der Waals surface area (Å²) in [6, 6.07) is 10.0. The highest BCUT2D eigenvalue weighted by molar-refractivity contribution is 7.99. The highest BCUT2D eigenvalue weighted by atomic mass is 32.2. The summed E-state index contributed by atoms with van der Waals surface area (Å²) < 4.78 is 0. The second kappa shape index (κ2) is 5.24. The highest BCUT2D eigenvalue weighted by Gasteiger charge is 2.36. The van der Waals surface area contributed by atoms with Crippen LogP contribution in [0.3, 0.4) is 0 Å². The number of hydrogen-bond acceptors (Lipinski definition) is 3. The molecule has 2 atom stereocenters. The molecule has 1 aromatic rings. The fourth-order valence-electron chi connectivity index (χ4n) is 3.15. The van der Waals surface area contributed by atoms with Gasteiger partial charge < -0.3 is 5.73 Å². The number of fused-ring (bicyclic) bond motifs is 1. The molecule has 1 aliphatic heterocycles. The summed E-state index contributed by atoms with van der Waals surface area (Å²) in [5, 5.41) is 0. The predicted molar refractivity (Wildman–Crippen MR) is 77.9 cm³/mol. The minimum atomic E-state index is 0.566. The van der Waals surface area contributed by atoms with E-state index < -0.39 is 0 Å². The Hall–Kier alpha value is -0.510. The van der Waals surface area contributed by atoms with Crippen LogP contribution in [0.1, 0.15) is 30.9 Å². The average Bonchev–Trinajstić information content (AvgIpc) is 3.23. The molecular formula is C15H22N2S. The van der Waals surface area contributed by atoms with Crippen molar-refractivity contribution in [2.75, 3.05) is 19.3 Å². The molecule has 1 fully saturated rings. The molecule has 0 radical (unpaired) electrons. The van der Waals surface area contributed by atoms with E-state index >= 15 is 0 Å². The molecule has 3 rings (SSSR count). The topological polar surface area (TPSA) is 29.3 Å². The summed E-state index contributed by atoms with van der Waals surface area (Å²) in [7, 11) is 2.27. The SMILES string of the molecule is CN(C1CCSc2ccccc21)C(CN)C1CC1. The number of rotatable bonds is 4. The van der Waals surface area contributed by atoms with Crippen molar-refractivity contribution in [3.63, 3.8) is 0 Å². The first kappa shape index (κ1) is 12.5. The molecule has 0 amide bonds. The van der Waals surface area contributed by atoms with E-state index in [0.29, 0.717) is 12.1 Å². The van der Waals surface area contributed by atoms with Gasteiger partial charge in [-0.25, -0.2) is 0 Å². The van der Waals surface area contributed by atoms with Gasteiger partial charge in [0.15, 0.2) is 0 Å². The fourth-order valence-corrected chi connectivity index (χ4v) is 4.26. The van der Waals surface area contributed by atoms with Crippen molar-refractivity contribution >= 4 is 11.8 Å². The molecule has 0 aromatic heterocycles. The van der Waals surface area contributed by atoms with E-state index in [-0.39, 0.29) is 0 Å². The number of nitrogens with two attached hydrogens (primary N) is 1. The molecule has 1 saturated carbocycles. The van der Waals surface area contributed by atoms with Gasteiger partial charge in [0, 0.05) is 23.5 Å². The Kier molecular flexibility index (Phi) is 3.64. The molecule has 0 spiro atoms. The Balaban J connectivity index is 1.84. The van der Waals surface area contributed by atoms with Gasteiger partial charge in [0.25, 0.3) is 0 Å². The zero-order valence-electron chi connectivity index (χ0n) is 11.0. The van der Waals surface area contributed by atoms with Crippen LogP contribution in [-0.2, 0) is 0 Å². The molecule has 1 heterocycles. The maximum absolute atomic E-state index is 5.99. The van der Waals surface area contributed by atoms with Crippen molar-refractivity contribution in [2.45, 2.75) is 36.2 Å². The van der Waals surface area contributed by atoms with E-state index in [0.717, 1.165) is 12.5 Å². The van der Waals surface area contributed by atoms with E-state index in [1.807, 2.05) is 11.8 Å². The first-order chi connectivity index (χ1) is 8.81. The van der Waals surface area contributed by atoms with Gasteiger partial charge in [0.2, 0.25) is 0 Å². The summed E-state index contributed by atoms with van der Waals surface area (Å²) >= 11 is 2.00. The van der Waals surface area contributed by atoms with Gasteiger partial charge >= 0.3 is 0 Å². The van der Waals surface area contributed by atoms with E-state index in [2.05, 4.69) is 36.2 Å². The van der Waals surface area contributed by atoms with E-state index in [1.165, 1.54) is 35.5 Å². The molecule has 2 N–H and O–H groups in total. The smallest absolute Gasteiger partial charge is 0.0367 e. The Morgan fingerprint density at radius 2 is 2.11 bits per heavy atom. The molecule has 3 heteroatoms. The van der Waals surface area contributed by atoms with Crippen LogP contribution in [0.25, 0.3) is 0 Å². The lowest BCUT2D eigenvalue weighted by atomic mass is 9.99. The first-order valence-electron chi connectivity index (χ1n) is 6.95. The van der Waals surface area contributed by atoms with Crippen molar-refractivity contribution in [1.29, 1.82) is 0 Å². The number of thioether (sulfide) groups is 1. The third kappa shape index (κ3) is 2.31. The summed E-state index contributed by atoms with van der Waals surface area (Å²) in [6.07, 6.45) is 3.99. The molecule has 18 heavy (non-hydrogen) atoms. The van der Waals surface area contributed by atoms with Crippen molar-refractivity contribution in [2.24, 2.45) is 11.7 Å². The minimum absolute atomic E-state index is 0.566. The fraction of sp³-hybridized carbons (Fsp3) is 0.600. The molecule has 1 aromatic carbocycles. The average molecular weight is 262 g/mol. The van der Waals surface area contributed by atoms with Crippen molar-refractivity contribution < 1.29 is 0 Å². The largest absolute Gasteiger partial charge is 0.329 e. The summed E-state index contributed by atoms with van der Waals surface area (Å²) in [5.74, 6) is 2.08. The van der Waals surface area contributed by atoms with Gasteiger partial charge in [-0.15, -0.1) is 11.8 Å². The standard InChI is InChI=1S/C15H22N2S/c1-17(14(10-16)11-6-7-11)13-8-9-18-15-5-3-2-4-12(13)15/h2-5,11,13-14H,6-10,16H2,1H3. The van der Waals surface area contributed by atoms with Gasteiger partial charge in [0.1, 0.15) is 0 Å². The highest BCUT2D eigenvalue weighted by Crippen LogP contribution is 2.42. The zero-order valence-corrected chi connectivity index (χ0v) is 11.8. The lowest BCUT2D eigenvalue weighted by Crippen LogP contribution is -2.42. The second-order valence-electron chi connectivity index (χ2n) is 5.50. The van der Waals surface area contributed by atoms with Gasteiger partial charge in [-0.3, -0.25) is 4.90 Å². The second-order valence-corrected chi connectivity index (χ2v) is 6.63. The Bertz CT molecular complexity index is 417. The van der Waals surface area contributed by atoms with Crippen LogP contribution in [0.4, 0.5) is 0 Å². The molecule has 2 unspecified atom stereocenters. The molecule has 0 saturated heterocycles. The van der Waals surface area contributed by atoms with Crippen LogP contribution in [0.2, 0.25) is 0 Å². The summed E-state index contributed by atoms with van der Waals surface area (Å²) in [4.78, 5) is 4.02. The third-order valence-electron chi connectivity index (χ3n) is 4.35. The minimum Gasteiger partial charge on any atom is -0.329 e. The first-order valence-corrected chi connectivity index (χ1v) is 7.93. The Morgan fingerprint density at radius 3 is 2.83 bits per heavy atom. The summed E-state index contributed by atoms with van der Waals surface area (Å²) in [6.45, 7) is 0.799. The van der Waals surface area contributed by atoms with Crippen molar-refractivity contribution in [3.8, 4) is 0 Å². The number of hydrogen-bond donors (Lipinski definition) is 1. The normalized spacial score (nSPS) is 24.9. The maximum Gasteiger partial charge on any atom is 0.0367 e. The van der Waals surface area contributed by atoms with Gasteiger partial charge in [-0.05, 0) is 49.6 Å². The van der Waals surface area contributed by atoms with Crippen LogP contribution in [0, 0.1) is 5.92 Å². The molecular weight excluding hydrogens is 240 g/mol. The molecule has 2 nitrogen and oxygen atoms in total.